The summed E-state index contributed by atoms with van der Waals surface area (Å²) < 4.78 is 6.09. The monoisotopic (exact) mass is 315 g/mol. The molecule has 1 rings (SSSR count). The zero-order valence-electron chi connectivity index (χ0n) is 10.8. The van der Waals surface area contributed by atoms with Crippen LogP contribution in [0, 0.1) is 5.41 Å². The first-order chi connectivity index (χ1) is 8.38. The van der Waals surface area contributed by atoms with Gasteiger partial charge in [-0.05, 0) is 26.0 Å². The normalized spacial score (nSPS) is 11.3. The van der Waals surface area contributed by atoms with Gasteiger partial charge >= 0.3 is 5.97 Å². The van der Waals surface area contributed by atoms with Gasteiger partial charge in [-0.2, -0.15) is 0 Å². The van der Waals surface area contributed by atoms with Crippen LogP contribution in [0.3, 0.4) is 0 Å². The highest BCUT2D eigenvalue weighted by Crippen LogP contribution is 2.27. The maximum absolute atomic E-state index is 11.0. The Morgan fingerprint density at radius 3 is 2.72 bits per heavy atom. The van der Waals surface area contributed by atoms with Gasteiger partial charge in [0.2, 0.25) is 0 Å². The first-order valence-corrected chi connectivity index (χ1v) is 6.41. The van der Waals surface area contributed by atoms with Gasteiger partial charge in [-0.25, -0.2) is 0 Å². The second kappa shape index (κ2) is 6.20. The number of ether oxygens (including phenoxy) is 1. The van der Waals surface area contributed by atoms with Gasteiger partial charge in [0.25, 0.3) is 0 Å². The molecule has 0 heterocycles. The fourth-order valence-electron chi connectivity index (χ4n) is 1.41. The molecular formula is C13H18BrNO3. The van der Waals surface area contributed by atoms with Gasteiger partial charge in [0.1, 0.15) is 0 Å². The fraction of sp³-hybridized carbons (Fsp3) is 0.462. The molecule has 0 aliphatic heterocycles. The first-order valence-electron chi connectivity index (χ1n) is 5.62. The summed E-state index contributed by atoms with van der Waals surface area (Å²) in [5.41, 5.74) is 1.06. The molecule has 0 bridgehead atoms. The fourth-order valence-corrected chi connectivity index (χ4v) is 1.89. The summed E-state index contributed by atoms with van der Waals surface area (Å²) in [4.78, 5) is 11.0. The highest BCUT2D eigenvalue weighted by atomic mass is 79.9. The van der Waals surface area contributed by atoms with Crippen molar-refractivity contribution in [2.24, 2.45) is 5.41 Å². The maximum Gasteiger partial charge on any atom is 0.310 e. The van der Waals surface area contributed by atoms with Crippen molar-refractivity contribution in [2.75, 3.05) is 19.0 Å². The molecule has 2 N–H and O–H groups in total. The molecule has 1 aromatic carbocycles. The number of carbonyl (C=O) groups is 1. The van der Waals surface area contributed by atoms with Gasteiger partial charge in [-0.1, -0.05) is 22.0 Å². The molecule has 0 unspecified atom stereocenters. The molecule has 0 amide bonds. The van der Waals surface area contributed by atoms with Crippen LogP contribution < -0.4 is 5.32 Å². The minimum absolute atomic E-state index is 0.357. The number of carboxylic acids is 1. The molecule has 4 nitrogen and oxygen atoms in total. The zero-order valence-corrected chi connectivity index (χ0v) is 12.4. The van der Waals surface area contributed by atoms with Crippen molar-refractivity contribution < 1.29 is 14.6 Å². The van der Waals surface area contributed by atoms with E-state index in [2.05, 4.69) is 21.2 Å². The lowest BCUT2D eigenvalue weighted by molar-refractivity contribution is -0.146. The third-order valence-electron chi connectivity index (χ3n) is 2.71. The highest BCUT2D eigenvalue weighted by molar-refractivity contribution is 9.10. The summed E-state index contributed by atoms with van der Waals surface area (Å²) in [6.45, 7) is 4.21. The summed E-state index contributed by atoms with van der Waals surface area (Å²) in [5, 5.41) is 12.2. The van der Waals surface area contributed by atoms with Crippen molar-refractivity contribution in [3.05, 3.63) is 28.2 Å². The Labute approximate surface area is 115 Å². The number of hydrogen-bond acceptors (Lipinski definition) is 3. The number of carboxylic acid groups (broad SMARTS) is 1. The molecule has 0 aliphatic rings. The minimum atomic E-state index is -0.821. The predicted molar refractivity (Wildman–Crippen MR) is 74.8 cm³/mol. The Bertz CT molecular complexity index is 432. The summed E-state index contributed by atoms with van der Waals surface area (Å²) in [6.07, 6.45) is 0. The predicted octanol–water partition coefficient (Wildman–Crippen LogP) is 3.12. The molecule has 0 saturated heterocycles. The lowest BCUT2D eigenvalue weighted by atomic mass is 9.93. The summed E-state index contributed by atoms with van der Waals surface area (Å²) >= 11 is 3.46. The van der Waals surface area contributed by atoms with Gasteiger partial charge in [0, 0.05) is 29.4 Å². The van der Waals surface area contributed by atoms with Crippen LogP contribution in [0.25, 0.3) is 0 Å². The zero-order chi connectivity index (χ0) is 13.8. The van der Waals surface area contributed by atoms with Crippen LogP contribution in [0.5, 0.6) is 0 Å². The minimum Gasteiger partial charge on any atom is -0.481 e. The van der Waals surface area contributed by atoms with Crippen LogP contribution in [-0.2, 0) is 16.1 Å². The number of methoxy groups -OCH3 is 1. The van der Waals surface area contributed by atoms with Crippen molar-refractivity contribution in [1.29, 1.82) is 0 Å². The molecule has 0 atom stereocenters. The molecule has 0 radical (unpaired) electrons. The van der Waals surface area contributed by atoms with Gasteiger partial charge in [-0.3, -0.25) is 4.79 Å². The first kappa shape index (κ1) is 15.0. The lowest BCUT2D eigenvalue weighted by Crippen LogP contribution is -2.32. The maximum atomic E-state index is 11.0. The summed E-state index contributed by atoms with van der Waals surface area (Å²) in [6, 6.07) is 5.75. The van der Waals surface area contributed by atoms with Gasteiger partial charge in [0.15, 0.2) is 0 Å². The Kier molecular flexibility index (Phi) is 5.16. The average molecular weight is 316 g/mol. The van der Waals surface area contributed by atoms with E-state index < -0.39 is 11.4 Å². The highest BCUT2D eigenvalue weighted by Gasteiger charge is 2.27. The number of hydrogen-bond donors (Lipinski definition) is 2. The second-order valence-electron chi connectivity index (χ2n) is 4.74. The van der Waals surface area contributed by atoms with Crippen molar-refractivity contribution in [1.82, 2.24) is 0 Å². The lowest BCUT2D eigenvalue weighted by Gasteiger charge is -2.22. The SMILES string of the molecule is COCc1c(Br)cccc1NCC(C)(C)C(=O)O. The van der Waals surface area contributed by atoms with E-state index in [4.69, 9.17) is 9.84 Å². The molecule has 0 fully saturated rings. The van der Waals surface area contributed by atoms with Crippen molar-refractivity contribution in [3.8, 4) is 0 Å². The Morgan fingerprint density at radius 2 is 2.17 bits per heavy atom. The van der Waals surface area contributed by atoms with Gasteiger partial charge in [-0.15, -0.1) is 0 Å². The van der Waals surface area contributed by atoms with Crippen LogP contribution in [0.4, 0.5) is 5.69 Å². The van der Waals surface area contributed by atoms with Gasteiger partial charge in [0.05, 0.1) is 12.0 Å². The summed E-state index contributed by atoms with van der Waals surface area (Å²) in [7, 11) is 1.63. The van der Waals surface area contributed by atoms with Crippen molar-refractivity contribution in [3.63, 3.8) is 0 Å². The van der Waals surface area contributed by atoms with E-state index in [1.54, 1.807) is 21.0 Å². The molecule has 0 saturated carbocycles. The van der Waals surface area contributed by atoms with Crippen molar-refractivity contribution in [2.45, 2.75) is 20.5 Å². The summed E-state index contributed by atoms with van der Waals surface area (Å²) in [5.74, 6) is -0.821. The molecule has 0 spiro atoms. The van der Waals surface area contributed by atoms with E-state index >= 15 is 0 Å². The number of benzene rings is 1. The number of anilines is 1. The topological polar surface area (TPSA) is 58.6 Å². The van der Waals surface area contributed by atoms with Crippen LogP contribution >= 0.6 is 15.9 Å². The quantitative estimate of drug-likeness (QED) is 0.846. The van der Waals surface area contributed by atoms with Gasteiger partial charge < -0.3 is 15.2 Å². The number of rotatable bonds is 6. The third kappa shape index (κ3) is 3.71. The van der Waals surface area contributed by atoms with E-state index in [1.165, 1.54) is 0 Å². The molecule has 18 heavy (non-hydrogen) atoms. The Morgan fingerprint density at radius 1 is 1.50 bits per heavy atom. The largest absolute Gasteiger partial charge is 0.481 e. The number of aliphatic carboxylic acids is 1. The smallest absolute Gasteiger partial charge is 0.310 e. The van der Waals surface area contributed by atoms with Crippen molar-refractivity contribution >= 4 is 27.6 Å². The van der Waals surface area contributed by atoms with E-state index in [0.717, 1.165) is 15.7 Å². The molecule has 0 aromatic heterocycles. The molecular weight excluding hydrogens is 298 g/mol. The van der Waals surface area contributed by atoms with E-state index in [0.29, 0.717) is 13.2 Å². The Hall–Kier alpha value is -1.07. The van der Waals surface area contributed by atoms with E-state index in [-0.39, 0.29) is 0 Å². The number of nitrogens with one attached hydrogen (secondary N) is 1. The average Bonchev–Trinajstić information content (AvgIpc) is 2.30. The third-order valence-corrected chi connectivity index (χ3v) is 3.45. The molecule has 5 heteroatoms. The standard InChI is InChI=1S/C13H18BrNO3/c1-13(2,12(16)17)8-15-11-6-4-5-10(14)9(11)7-18-3/h4-6,15H,7-8H2,1-3H3,(H,16,17). The molecule has 100 valence electrons. The molecule has 0 aliphatic carbocycles. The second-order valence-corrected chi connectivity index (χ2v) is 5.60. The van der Waals surface area contributed by atoms with Crippen LogP contribution in [0.2, 0.25) is 0 Å². The van der Waals surface area contributed by atoms with Crippen LogP contribution in [-0.4, -0.2) is 24.7 Å². The molecule has 1 aromatic rings. The van der Waals surface area contributed by atoms with E-state index in [1.807, 2.05) is 18.2 Å². The van der Waals surface area contributed by atoms with E-state index in [9.17, 15) is 4.79 Å². The van der Waals surface area contributed by atoms with Crippen LogP contribution in [0.1, 0.15) is 19.4 Å². The van der Waals surface area contributed by atoms with Crippen LogP contribution in [0.15, 0.2) is 22.7 Å². The number of halogens is 1. The Balaban J connectivity index is 2.85.